The first-order chi connectivity index (χ1) is 18.3. The van der Waals surface area contributed by atoms with Crippen LogP contribution >= 0.6 is 0 Å². The topological polar surface area (TPSA) is 95.6 Å². The molecule has 7 nitrogen and oxygen atoms in total. The maximum Gasteiger partial charge on any atom is 0.328 e. The van der Waals surface area contributed by atoms with E-state index in [0.717, 1.165) is 43.2 Å². The summed E-state index contributed by atoms with van der Waals surface area (Å²) in [6.45, 7) is 0.364. The summed E-state index contributed by atoms with van der Waals surface area (Å²) in [5.41, 5.74) is 2.96. The Balaban J connectivity index is 1.26. The molecule has 38 heavy (non-hydrogen) atoms. The van der Waals surface area contributed by atoms with Crippen LogP contribution < -0.4 is 10.0 Å². The lowest BCUT2D eigenvalue weighted by Gasteiger charge is -2.26. The monoisotopic (exact) mass is 535 g/mol. The number of nitrogens with one attached hydrogen (secondary N) is 2. The summed E-state index contributed by atoms with van der Waals surface area (Å²) in [4.78, 5) is 27.2. The van der Waals surface area contributed by atoms with E-state index >= 15 is 0 Å². The Morgan fingerprint density at radius 2 is 1.68 bits per heavy atom. The van der Waals surface area contributed by atoms with Crippen LogP contribution in [-0.4, -0.2) is 37.8 Å². The SMILES string of the molecule is O=C(NC1CCCCC1)NS(=O)(=O)c1ccc(CCN2C(=O)c3ccccc3C2c2cccc(F)c2)cc1. The van der Waals surface area contributed by atoms with Gasteiger partial charge in [-0.05, 0) is 66.3 Å². The Morgan fingerprint density at radius 1 is 0.947 bits per heavy atom. The van der Waals surface area contributed by atoms with Crippen molar-refractivity contribution in [3.63, 3.8) is 0 Å². The van der Waals surface area contributed by atoms with Gasteiger partial charge in [0.1, 0.15) is 5.82 Å². The summed E-state index contributed by atoms with van der Waals surface area (Å²) in [7, 11) is -4.01. The van der Waals surface area contributed by atoms with E-state index in [9.17, 15) is 22.4 Å². The van der Waals surface area contributed by atoms with Crippen LogP contribution in [0.3, 0.4) is 0 Å². The highest BCUT2D eigenvalue weighted by Gasteiger charge is 2.37. The van der Waals surface area contributed by atoms with E-state index in [1.54, 1.807) is 29.2 Å². The molecule has 1 heterocycles. The van der Waals surface area contributed by atoms with Crippen molar-refractivity contribution in [1.29, 1.82) is 0 Å². The van der Waals surface area contributed by atoms with Gasteiger partial charge in [-0.2, -0.15) is 0 Å². The highest BCUT2D eigenvalue weighted by molar-refractivity contribution is 7.90. The first-order valence-electron chi connectivity index (χ1n) is 12.9. The summed E-state index contributed by atoms with van der Waals surface area (Å²) in [5.74, 6) is -0.487. The van der Waals surface area contributed by atoms with Crippen molar-refractivity contribution < 1.29 is 22.4 Å². The van der Waals surface area contributed by atoms with Crippen LogP contribution in [-0.2, 0) is 16.4 Å². The van der Waals surface area contributed by atoms with Gasteiger partial charge in [-0.25, -0.2) is 22.3 Å². The summed E-state index contributed by atoms with van der Waals surface area (Å²) >= 11 is 0. The molecule has 3 aromatic rings. The van der Waals surface area contributed by atoms with Gasteiger partial charge >= 0.3 is 6.03 Å². The van der Waals surface area contributed by atoms with Gasteiger partial charge in [-0.1, -0.05) is 61.7 Å². The third kappa shape index (κ3) is 5.57. The molecule has 9 heteroatoms. The van der Waals surface area contributed by atoms with E-state index in [4.69, 9.17) is 0 Å². The fraction of sp³-hybridized carbons (Fsp3) is 0.310. The van der Waals surface area contributed by atoms with Gasteiger partial charge in [0.05, 0.1) is 10.9 Å². The number of carbonyl (C=O) groups is 2. The van der Waals surface area contributed by atoms with E-state index < -0.39 is 22.1 Å². The zero-order valence-electron chi connectivity index (χ0n) is 20.9. The minimum absolute atomic E-state index is 0.00281. The molecule has 1 aliphatic heterocycles. The van der Waals surface area contributed by atoms with Gasteiger partial charge in [-0.3, -0.25) is 4.79 Å². The number of rotatable bonds is 7. The Bertz CT molecular complexity index is 1440. The van der Waals surface area contributed by atoms with Crippen molar-refractivity contribution in [3.8, 4) is 0 Å². The third-order valence-corrected chi connectivity index (χ3v) is 8.61. The lowest BCUT2D eigenvalue weighted by atomic mass is 9.96. The molecule has 1 aliphatic carbocycles. The lowest BCUT2D eigenvalue weighted by molar-refractivity contribution is 0.0751. The Labute approximate surface area is 222 Å². The summed E-state index contributed by atoms with van der Waals surface area (Å²) in [6, 6.07) is 18.8. The summed E-state index contributed by atoms with van der Waals surface area (Å²) in [6.07, 6.45) is 5.37. The molecule has 1 saturated carbocycles. The van der Waals surface area contributed by atoms with Gasteiger partial charge in [0.25, 0.3) is 15.9 Å². The predicted molar refractivity (Wildman–Crippen MR) is 142 cm³/mol. The van der Waals surface area contributed by atoms with Crippen molar-refractivity contribution in [2.24, 2.45) is 0 Å². The summed E-state index contributed by atoms with van der Waals surface area (Å²) < 4.78 is 41.5. The number of halogens is 1. The molecular formula is C29H30FN3O4S. The fourth-order valence-electron chi connectivity index (χ4n) is 5.36. The van der Waals surface area contributed by atoms with E-state index in [0.29, 0.717) is 24.1 Å². The molecule has 5 rings (SSSR count). The Morgan fingerprint density at radius 3 is 2.42 bits per heavy atom. The van der Waals surface area contributed by atoms with Gasteiger partial charge in [0.15, 0.2) is 0 Å². The molecule has 0 radical (unpaired) electrons. The quantitative estimate of drug-likeness (QED) is 0.448. The highest BCUT2D eigenvalue weighted by atomic mass is 32.2. The minimum atomic E-state index is -4.01. The van der Waals surface area contributed by atoms with Crippen LogP contribution in [0, 0.1) is 5.82 Å². The first-order valence-corrected chi connectivity index (χ1v) is 14.4. The molecule has 3 amide bonds. The van der Waals surface area contributed by atoms with Gasteiger partial charge in [0, 0.05) is 18.2 Å². The standard InChI is InChI=1S/C29H30FN3O4S/c30-22-8-6-7-21(19-22)27-25-11-4-5-12-26(25)28(34)33(27)18-17-20-13-15-24(16-14-20)38(36,37)32-29(35)31-23-9-2-1-3-10-23/h4-8,11-16,19,23,27H,1-3,9-10,17-18H2,(H2,31,32,35). The van der Waals surface area contributed by atoms with Crippen molar-refractivity contribution in [1.82, 2.24) is 14.9 Å². The van der Waals surface area contributed by atoms with Crippen LogP contribution in [0.15, 0.2) is 77.7 Å². The van der Waals surface area contributed by atoms with Gasteiger partial charge in [-0.15, -0.1) is 0 Å². The van der Waals surface area contributed by atoms with Crippen LogP contribution in [0.1, 0.15) is 65.2 Å². The zero-order valence-corrected chi connectivity index (χ0v) is 21.7. The lowest BCUT2D eigenvalue weighted by Crippen LogP contribution is -2.45. The minimum Gasteiger partial charge on any atom is -0.335 e. The number of nitrogens with zero attached hydrogens (tertiary/aromatic N) is 1. The molecule has 2 aliphatic rings. The largest absolute Gasteiger partial charge is 0.335 e. The maximum atomic E-state index is 14.0. The molecule has 1 unspecified atom stereocenters. The van der Waals surface area contributed by atoms with Crippen LogP contribution in [0.25, 0.3) is 0 Å². The first kappa shape index (κ1) is 25.9. The van der Waals surface area contributed by atoms with Crippen molar-refractivity contribution in [2.75, 3.05) is 6.54 Å². The number of benzene rings is 3. The number of sulfonamides is 1. The van der Waals surface area contributed by atoms with Gasteiger partial charge in [0.2, 0.25) is 0 Å². The van der Waals surface area contributed by atoms with Crippen molar-refractivity contribution in [2.45, 2.75) is 55.5 Å². The second kappa shape index (κ2) is 10.9. The molecule has 0 spiro atoms. The average Bonchev–Trinajstić information content (AvgIpc) is 3.19. The number of hydrogen-bond acceptors (Lipinski definition) is 4. The molecule has 198 valence electrons. The molecule has 0 bridgehead atoms. The maximum absolute atomic E-state index is 14.0. The molecule has 3 aromatic carbocycles. The summed E-state index contributed by atoms with van der Waals surface area (Å²) in [5, 5.41) is 2.75. The van der Waals surface area contributed by atoms with Crippen LogP contribution in [0.2, 0.25) is 0 Å². The van der Waals surface area contributed by atoms with E-state index in [1.807, 2.05) is 24.3 Å². The predicted octanol–water partition coefficient (Wildman–Crippen LogP) is 4.93. The van der Waals surface area contributed by atoms with Gasteiger partial charge < -0.3 is 10.2 Å². The van der Waals surface area contributed by atoms with Crippen molar-refractivity contribution >= 4 is 22.0 Å². The number of amides is 3. The zero-order chi connectivity index (χ0) is 26.7. The molecular weight excluding hydrogens is 505 g/mol. The fourth-order valence-corrected chi connectivity index (χ4v) is 6.28. The van der Waals surface area contributed by atoms with E-state index in [1.165, 1.54) is 24.3 Å². The molecule has 1 atom stereocenters. The molecule has 2 N–H and O–H groups in total. The number of hydrogen-bond donors (Lipinski definition) is 2. The molecule has 0 saturated heterocycles. The van der Waals surface area contributed by atoms with Crippen LogP contribution in [0.4, 0.5) is 9.18 Å². The number of urea groups is 1. The second-order valence-corrected chi connectivity index (χ2v) is 11.5. The Hall–Kier alpha value is -3.72. The highest BCUT2D eigenvalue weighted by Crippen LogP contribution is 2.38. The molecule has 1 fully saturated rings. The normalized spacial score (nSPS) is 17.8. The second-order valence-electron chi connectivity index (χ2n) is 9.85. The smallest absolute Gasteiger partial charge is 0.328 e. The number of fused-ring (bicyclic) bond motifs is 1. The van der Waals surface area contributed by atoms with E-state index in [2.05, 4.69) is 10.0 Å². The van der Waals surface area contributed by atoms with Crippen molar-refractivity contribution in [3.05, 3.63) is 101 Å². The molecule has 0 aromatic heterocycles. The average molecular weight is 536 g/mol. The third-order valence-electron chi connectivity index (χ3n) is 7.27. The Kier molecular flexibility index (Phi) is 7.46. The number of carbonyl (C=O) groups excluding carboxylic acids is 2. The van der Waals surface area contributed by atoms with Crippen LogP contribution in [0.5, 0.6) is 0 Å². The van der Waals surface area contributed by atoms with E-state index in [-0.39, 0.29) is 22.7 Å².